The Labute approximate surface area is 87.8 Å². The Morgan fingerprint density at radius 3 is 2.33 bits per heavy atom. The Bertz CT molecular complexity index is 340. The minimum absolute atomic E-state index is 0.508. The van der Waals surface area contributed by atoms with Crippen LogP contribution in [0.15, 0.2) is 0 Å². The van der Waals surface area contributed by atoms with Crippen molar-refractivity contribution < 1.29 is 29.4 Å². The molecule has 1 fully saturated rings. The van der Waals surface area contributed by atoms with Crippen LogP contribution in [-0.4, -0.2) is 38.5 Å². The molecule has 0 aromatic carbocycles. The van der Waals surface area contributed by atoms with E-state index in [0.717, 1.165) is 0 Å². The molecule has 0 unspecified atom stereocenters. The fourth-order valence-corrected chi connectivity index (χ4v) is 2.08. The van der Waals surface area contributed by atoms with Crippen molar-refractivity contribution in [1.29, 1.82) is 0 Å². The number of thioether (sulfide) groups is 1. The molecule has 3 N–H and O–H groups in total. The summed E-state index contributed by atoms with van der Waals surface area (Å²) < 4.78 is 0. The molecule has 1 saturated heterocycles. The van der Waals surface area contributed by atoms with Gasteiger partial charge >= 0.3 is 11.9 Å². The zero-order valence-corrected chi connectivity index (χ0v) is 8.11. The van der Waals surface area contributed by atoms with Crippen LogP contribution in [0.2, 0.25) is 0 Å². The molecule has 1 aliphatic rings. The normalized spacial score (nSPS) is 22.3. The molecule has 0 saturated carbocycles. The Morgan fingerprint density at radius 1 is 1.40 bits per heavy atom. The number of carbonyl (C=O) groups excluding carboxylic acids is 2. The van der Waals surface area contributed by atoms with Crippen LogP contribution in [-0.2, 0) is 14.4 Å². The summed E-state index contributed by atoms with van der Waals surface area (Å²) in [6.07, 6.45) is -0.687. The van der Waals surface area contributed by atoms with Crippen molar-refractivity contribution >= 4 is 34.8 Å². The molecule has 2 amide bonds. The van der Waals surface area contributed by atoms with Crippen molar-refractivity contribution in [3.63, 3.8) is 0 Å². The molecule has 0 radical (unpaired) electrons. The standard InChI is InChI=1S/C7H7NO6S/c9-3(10)1-2(6(12)13)4-5(11)8-7(14)15-4/h2,4H,1H2,(H,9,10)(H,12,13)(H,8,11,14)/t2-,4+/m0/s1. The van der Waals surface area contributed by atoms with E-state index >= 15 is 0 Å². The second-order valence-corrected chi connectivity index (χ2v) is 3.97. The molecular formula is C7H7NO6S. The van der Waals surface area contributed by atoms with E-state index in [0.29, 0.717) is 11.8 Å². The number of hydrogen-bond donors (Lipinski definition) is 3. The third-order valence-electron chi connectivity index (χ3n) is 1.79. The lowest BCUT2D eigenvalue weighted by Crippen LogP contribution is -2.35. The van der Waals surface area contributed by atoms with Crippen LogP contribution < -0.4 is 5.32 Å². The number of aliphatic carboxylic acids is 2. The van der Waals surface area contributed by atoms with Crippen LogP contribution in [0, 0.1) is 5.92 Å². The van der Waals surface area contributed by atoms with Crippen LogP contribution in [0.3, 0.4) is 0 Å². The highest BCUT2D eigenvalue weighted by Crippen LogP contribution is 2.28. The van der Waals surface area contributed by atoms with Gasteiger partial charge in [0.1, 0.15) is 5.25 Å². The van der Waals surface area contributed by atoms with Gasteiger partial charge in [-0.3, -0.25) is 24.5 Å². The molecule has 2 atom stereocenters. The van der Waals surface area contributed by atoms with Gasteiger partial charge in [-0.1, -0.05) is 11.8 Å². The van der Waals surface area contributed by atoms with Crippen molar-refractivity contribution in [3.8, 4) is 0 Å². The third-order valence-corrected chi connectivity index (χ3v) is 2.91. The maximum atomic E-state index is 11.1. The third kappa shape index (κ3) is 2.69. The summed E-state index contributed by atoms with van der Waals surface area (Å²) in [6.45, 7) is 0. The SMILES string of the molecule is O=C(O)C[C@H](C(=O)O)[C@H]1SC(=O)NC1=O. The molecule has 0 aliphatic carbocycles. The molecule has 0 aromatic rings. The number of carbonyl (C=O) groups is 4. The monoisotopic (exact) mass is 233 g/mol. The van der Waals surface area contributed by atoms with Crippen LogP contribution in [0.25, 0.3) is 0 Å². The van der Waals surface area contributed by atoms with Gasteiger partial charge in [-0.15, -0.1) is 0 Å². The highest BCUT2D eigenvalue weighted by atomic mass is 32.2. The zero-order chi connectivity index (χ0) is 11.6. The van der Waals surface area contributed by atoms with Crippen molar-refractivity contribution in [1.82, 2.24) is 5.32 Å². The molecule has 0 bridgehead atoms. The Morgan fingerprint density at radius 2 is 2.00 bits per heavy atom. The van der Waals surface area contributed by atoms with Crippen molar-refractivity contribution in [3.05, 3.63) is 0 Å². The summed E-state index contributed by atoms with van der Waals surface area (Å²) in [5, 5.41) is 17.3. The first kappa shape index (κ1) is 11.5. The Kier molecular flexibility index (Phi) is 3.30. The molecule has 1 rings (SSSR count). The maximum Gasteiger partial charge on any atom is 0.308 e. The summed E-state index contributed by atoms with van der Waals surface area (Å²) in [7, 11) is 0. The van der Waals surface area contributed by atoms with Gasteiger partial charge in [0, 0.05) is 0 Å². The first-order valence-corrected chi connectivity index (χ1v) is 4.76. The fraction of sp³-hybridized carbons (Fsp3) is 0.429. The van der Waals surface area contributed by atoms with Crippen molar-refractivity contribution in [2.75, 3.05) is 0 Å². The molecule has 7 nitrogen and oxygen atoms in total. The van der Waals surface area contributed by atoms with Gasteiger partial charge < -0.3 is 10.2 Å². The summed E-state index contributed by atoms with van der Waals surface area (Å²) in [5.74, 6) is -4.87. The number of rotatable bonds is 4. The van der Waals surface area contributed by atoms with Gasteiger partial charge in [0.05, 0.1) is 12.3 Å². The number of carboxylic acids is 2. The number of hydrogen-bond acceptors (Lipinski definition) is 5. The summed E-state index contributed by atoms with van der Waals surface area (Å²) in [4.78, 5) is 42.9. The smallest absolute Gasteiger partial charge is 0.308 e. The van der Waals surface area contributed by atoms with Gasteiger partial charge in [0.15, 0.2) is 0 Å². The van der Waals surface area contributed by atoms with E-state index in [1.807, 2.05) is 5.32 Å². The second kappa shape index (κ2) is 4.30. The summed E-state index contributed by atoms with van der Waals surface area (Å²) in [6, 6.07) is 0. The Hall–Kier alpha value is -1.57. The van der Waals surface area contributed by atoms with Gasteiger partial charge in [0.2, 0.25) is 5.91 Å². The topological polar surface area (TPSA) is 121 Å². The van der Waals surface area contributed by atoms with Crippen molar-refractivity contribution in [2.45, 2.75) is 11.7 Å². The van der Waals surface area contributed by atoms with E-state index in [4.69, 9.17) is 10.2 Å². The lowest BCUT2D eigenvalue weighted by Gasteiger charge is -2.12. The van der Waals surface area contributed by atoms with E-state index in [1.165, 1.54) is 0 Å². The fourth-order valence-electron chi connectivity index (χ4n) is 1.15. The number of amides is 2. The van der Waals surface area contributed by atoms with E-state index < -0.39 is 40.7 Å². The molecular weight excluding hydrogens is 226 g/mol. The molecule has 82 valence electrons. The first-order valence-electron chi connectivity index (χ1n) is 3.88. The van der Waals surface area contributed by atoms with E-state index in [1.54, 1.807) is 0 Å². The van der Waals surface area contributed by atoms with E-state index in [-0.39, 0.29) is 0 Å². The van der Waals surface area contributed by atoms with Crippen LogP contribution in [0.5, 0.6) is 0 Å². The van der Waals surface area contributed by atoms with Crippen LogP contribution in [0.4, 0.5) is 4.79 Å². The predicted octanol–water partition coefficient (Wildman–Crippen LogP) is -0.486. The highest BCUT2D eigenvalue weighted by Gasteiger charge is 2.42. The molecule has 0 aromatic heterocycles. The van der Waals surface area contributed by atoms with Crippen LogP contribution in [0.1, 0.15) is 6.42 Å². The van der Waals surface area contributed by atoms with E-state index in [9.17, 15) is 19.2 Å². The van der Waals surface area contributed by atoms with Gasteiger partial charge in [-0.2, -0.15) is 0 Å². The first-order chi connectivity index (χ1) is 6.91. The summed E-state index contributed by atoms with van der Waals surface area (Å²) >= 11 is 0.508. The lowest BCUT2D eigenvalue weighted by atomic mass is 10.0. The zero-order valence-electron chi connectivity index (χ0n) is 7.30. The average Bonchev–Trinajstić information content (AvgIpc) is 2.40. The largest absolute Gasteiger partial charge is 0.481 e. The number of nitrogens with one attached hydrogen (secondary N) is 1. The summed E-state index contributed by atoms with van der Waals surface area (Å²) in [5.41, 5.74) is 0. The van der Waals surface area contributed by atoms with Gasteiger partial charge in [0.25, 0.3) is 5.24 Å². The van der Waals surface area contributed by atoms with Crippen LogP contribution >= 0.6 is 11.8 Å². The lowest BCUT2D eigenvalue weighted by molar-refractivity contribution is -0.149. The molecule has 8 heteroatoms. The molecule has 0 spiro atoms. The molecule has 1 aliphatic heterocycles. The average molecular weight is 233 g/mol. The quantitative estimate of drug-likeness (QED) is 0.599. The van der Waals surface area contributed by atoms with E-state index in [2.05, 4.69) is 0 Å². The Balaban J connectivity index is 2.80. The predicted molar refractivity (Wildman–Crippen MR) is 48.3 cm³/mol. The number of carboxylic acid groups (broad SMARTS) is 2. The maximum absolute atomic E-state index is 11.1. The minimum Gasteiger partial charge on any atom is -0.481 e. The van der Waals surface area contributed by atoms with Gasteiger partial charge in [-0.25, -0.2) is 0 Å². The highest BCUT2D eigenvalue weighted by molar-refractivity contribution is 8.15. The molecule has 15 heavy (non-hydrogen) atoms. The molecule has 1 heterocycles. The number of imide groups is 1. The van der Waals surface area contributed by atoms with Gasteiger partial charge in [-0.05, 0) is 0 Å². The second-order valence-electron chi connectivity index (χ2n) is 2.86. The minimum atomic E-state index is -1.40. The van der Waals surface area contributed by atoms with Crippen molar-refractivity contribution in [2.24, 2.45) is 5.92 Å².